The highest BCUT2D eigenvalue weighted by Crippen LogP contribution is 2.36. The Morgan fingerprint density at radius 3 is 2.29 bits per heavy atom. The maximum absolute atomic E-state index is 13.5. The zero-order chi connectivity index (χ0) is 24.7. The van der Waals surface area contributed by atoms with Crippen LogP contribution in [0.1, 0.15) is 51.3 Å². The first kappa shape index (κ1) is 23.5. The normalized spacial score (nSPS) is 16.4. The molecule has 0 N–H and O–H groups in total. The molecule has 184 valence electrons. The number of amides is 1. The number of alkyl halides is 3. The molecule has 5 rings (SSSR count). The predicted octanol–water partition coefficient (Wildman–Crippen LogP) is 5.35. The molecular formula is C27H29F3N4O. The van der Waals surface area contributed by atoms with Gasteiger partial charge in [0.05, 0.1) is 5.69 Å². The summed E-state index contributed by atoms with van der Waals surface area (Å²) < 4.78 is 42.0. The second kappa shape index (κ2) is 9.06. The molecule has 1 aliphatic carbocycles. The van der Waals surface area contributed by atoms with E-state index in [0.717, 1.165) is 25.9 Å². The van der Waals surface area contributed by atoms with Gasteiger partial charge >= 0.3 is 6.18 Å². The molecule has 2 aliphatic rings. The Labute approximate surface area is 203 Å². The van der Waals surface area contributed by atoms with Gasteiger partial charge in [-0.3, -0.25) is 4.79 Å². The van der Waals surface area contributed by atoms with Crippen LogP contribution < -0.4 is 4.90 Å². The Morgan fingerprint density at radius 2 is 1.60 bits per heavy atom. The van der Waals surface area contributed by atoms with Crippen LogP contribution in [-0.4, -0.2) is 46.8 Å². The van der Waals surface area contributed by atoms with E-state index in [0.29, 0.717) is 48.4 Å². The highest BCUT2D eigenvalue weighted by atomic mass is 19.4. The molecule has 0 bridgehead atoms. The summed E-state index contributed by atoms with van der Waals surface area (Å²) in [6.45, 7) is 6.93. The topological polar surface area (TPSA) is 41.4 Å². The summed E-state index contributed by atoms with van der Waals surface area (Å²) in [4.78, 5) is 17.3. The minimum Gasteiger partial charge on any atom is -0.368 e. The third-order valence-electron chi connectivity index (χ3n) is 7.08. The first-order chi connectivity index (χ1) is 16.7. The van der Waals surface area contributed by atoms with Gasteiger partial charge in [-0.1, -0.05) is 12.1 Å². The van der Waals surface area contributed by atoms with E-state index in [-0.39, 0.29) is 5.91 Å². The van der Waals surface area contributed by atoms with Gasteiger partial charge in [0.2, 0.25) is 0 Å². The van der Waals surface area contributed by atoms with E-state index < -0.39 is 11.9 Å². The van der Waals surface area contributed by atoms with Gasteiger partial charge in [-0.15, -0.1) is 0 Å². The van der Waals surface area contributed by atoms with Crippen molar-refractivity contribution >= 4 is 11.6 Å². The van der Waals surface area contributed by atoms with Crippen molar-refractivity contribution in [3.63, 3.8) is 0 Å². The third-order valence-corrected chi connectivity index (χ3v) is 7.08. The number of nitrogens with zero attached hydrogens (tertiary/aromatic N) is 4. The molecule has 1 amide bonds. The van der Waals surface area contributed by atoms with Crippen LogP contribution in [0.25, 0.3) is 5.69 Å². The summed E-state index contributed by atoms with van der Waals surface area (Å²) in [6.07, 6.45) is -1.91. The summed E-state index contributed by atoms with van der Waals surface area (Å²) in [5, 5.41) is 3.94. The van der Waals surface area contributed by atoms with Crippen molar-refractivity contribution in [1.82, 2.24) is 14.7 Å². The van der Waals surface area contributed by atoms with E-state index in [1.54, 1.807) is 24.3 Å². The van der Waals surface area contributed by atoms with E-state index in [2.05, 4.69) is 42.0 Å². The number of rotatable bonds is 3. The Kier molecular flexibility index (Phi) is 6.07. The van der Waals surface area contributed by atoms with Crippen LogP contribution in [0.15, 0.2) is 42.5 Å². The minimum atomic E-state index is -4.47. The van der Waals surface area contributed by atoms with Crippen LogP contribution in [0, 0.1) is 13.8 Å². The lowest BCUT2D eigenvalue weighted by Gasteiger charge is -2.37. The predicted molar refractivity (Wildman–Crippen MR) is 129 cm³/mol. The molecule has 0 spiro atoms. The van der Waals surface area contributed by atoms with E-state index in [1.165, 1.54) is 21.5 Å². The molecule has 2 heterocycles. The molecule has 2 aromatic carbocycles. The van der Waals surface area contributed by atoms with Crippen LogP contribution in [0.4, 0.5) is 18.9 Å². The van der Waals surface area contributed by atoms with Crippen molar-refractivity contribution in [1.29, 1.82) is 0 Å². The molecule has 0 unspecified atom stereocenters. The van der Waals surface area contributed by atoms with Gasteiger partial charge in [-0.2, -0.15) is 18.3 Å². The number of fused-ring (bicyclic) bond motifs is 1. The molecule has 8 heteroatoms. The average molecular weight is 483 g/mol. The SMILES string of the molecule is Cc1ccc(C)c(N2CCN(C(=O)c3ccc(-n4nc(C(F)(F)F)c5c4CCCC5)cc3)CC2)c1. The van der Waals surface area contributed by atoms with E-state index in [1.807, 2.05) is 4.90 Å². The van der Waals surface area contributed by atoms with Crippen molar-refractivity contribution in [3.05, 3.63) is 76.1 Å². The summed E-state index contributed by atoms with van der Waals surface area (Å²) in [5.74, 6) is -0.0596. The standard InChI is InChI=1S/C27H29F3N4O/c1-18-7-8-19(2)24(17-18)32-13-15-33(16-14-32)26(35)20-9-11-21(12-10-20)34-23-6-4-3-5-22(23)25(31-34)27(28,29)30/h7-12,17H,3-6,13-16H2,1-2H3. The monoisotopic (exact) mass is 482 g/mol. The van der Waals surface area contributed by atoms with Gasteiger partial charge in [-0.25, -0.2) is 4.68 Å². The molecule has 1 saturated heterocycles. The zero-order valence-corrected chi connectivity index (χ0v) is 20.0. The first-order valence-corrected chi connectivity index (χ1v) is 12.1. The number of halogens is 3. The number of carbonyl (C=O) groups excluding carboxylic acids is 1. The summed E-state index contributed by atoms with van der Waals surface area (Å²) in [6, 6.07) is 13.2. The van der Waals surface area contributed by atoms with Crippen LogP contribution >= 0.6 is 0 Å². The average Bonchev–Trinajstić information content (AvgIpc) is 3.26. The van der Waals surface area contributed by atoms with Gasteiger partial charge < -0.3 is 9.80 Å². The summed E-state index contributed by atoms with van der Waals surface area (Å²) >= 11 is 0. The van der Waals surface area contributed by atoms with Crippen molar-refractivity contribution in [2.24, 2.45) is 0 Å². The third kappa shape index (κ3) is 4.54. The Balaban J connectivity index is 1.31. The number of hydrogen-bond acceptors (Lipinski definition) is 3. The largest absolute Gasteiger partial charge is 0.435 e. The van der Waals surface area contributed by atoms with Crippen LogP contribution in [0.2, 0.25) is 0 Å². The van der Waals surface area contributed by atoms with Crippen molar-refractivity contribution < 1.29 is 18.0 Å². The number of piperazine rings is 1. The quantitative estimate of drug-likeness (QED) is 0.506. The van der Waals surface area contributed by atoms with E-state index in [9.17, 15) is 18.0 Å². The highest BCUT2D eigenvalue weighted by Gasteiger charge is 2.39. The van der Waals surface area contributed by atoms with Gasteiger partial charge in [0, 0.05) is 48.7 Å². The lowest BCUT2D eigenvalue weighted by molar-refractivity contribution is -0.142. The molecular weight excluding hydrogens is 453 g/mol. The molecule has 0 radical (unpaired) electrons. The minimum absolute atomic E-state index is 0.0596. The van der Waals surface area contributed by atoms with Gasteiger partial charge in [0.15, 0.2) is 5.69 Å². The maximum atomic E-state index is 13.5. The second-order valence-corrected chi connectivity index (χ2v) is 9.51. The molecule has 35 heavy (non-hydrogen) atoms. The van der Waals surface area contributed by atoms with Gasteiger partial charge in [0.25, 0.3) is 5.91 Å². The van der Waals surface area contributed by atoms with E-state index in [4.69, 9.17) is 0 Å². The maximum Gasteiger partial charge on any atom is 0.435 e. The summed E-state index contributed by atoms with van der Waals surface area (Å²) in [7, 11) is 0. The summed E-state index contributed by atoms with van der Waals surface area (Å²) in [5.41, 5.74) is 4.89. The smallest absolute Gasteiger partial charge is 0.368 e. The molecule has 5 nitrogen and oxygen atoms in total. The molecule has 3 aromatic rings. The molecule has 0 saturated carbocycles. The number of aromatic nitrogens is 2. The zero-order valence-electron chi connectivity index (χ0n) is 20.0. The van der Waals surface area contributed by atoms with Crippen molar-refractivity contribution in [3.8, 4) is 5.69 Å². The van der Waals surface area contributed by atoms with Crippen molar-refractivity contribution in [2.75, 3.05) is 31.1 Å². The number of anilines is 1. The van der Waals surface area contributed by atoms with Gasteiger partial charge in [0.1, 0.15) is 0 Å². The first-order valence-electron chi connectivity index (χ1n) is 12.1. The Hall–Kier alpha value is -3.29. The molecule has 1 aliphatic heterocycles. The number of hydrogen-bond donors (Lipinski definition) is 0. The number of carbonyl (C=O) groups is 1. The Bertz CT molecular complexity index is 1240. The fourth-order valence-corrected chi connectivity index (χ4v) is 5.18. The van der Waals surface area contributed by atoms with Gasteiger partial charge in [-0.05, 0) is 81.0 Å². The number of aryl methyl sites for hydroxylation is 2. The Morgan fingerprint density at radius 1 is 0.914 bits per heavy atom. The molecule has 1 aromatic heterocycles. The van der Waals surface area contributed by atoms with Crippen LogP contribution in [0.3, 0.4) is 0 Å². The van der Waals surface area contributed by atoms with Crippen molar-refractivity contribution in [2.45, 2.75) is 45.7 Å². The van der Waals surface area contributed by atoms with Crippen LogP contribution in [-0.2, 0) is 19.0 Å². The number of benzene rings is 2. The fraction of sp³-hybridized carbons (Fsp3) is 0.407. The lowest BCUT2D eigenvalue weighted by Crippen LogP contribution is -2.49. The molecule has 1 fully saturated rings. The highest BCUT2D eigenvalue weighted by molar-refractivity contribution is 5.94. The fourth-order valence-electron chi connectivity index (χ4n) is 5.18. The van der Waals surface area contributed by atoms with Crippen LogP contribution in [0.5, 0.6) is 0 Å². The molecule has 0 atom stereocenters. The lowest BCUT2D eigenvalue weighted by atomic mass is 9.95. The second-order valence-electron chi connectivity index (χ2n) is 9.51. The van der Waals surface area contributed by atoms with E-state index >= 15 is 0 Å².